The van der Waals surface area contributed by atoms with Crippen molar-refractivity contribution in [1.29, 1.82) is 0 Å². The molecule has 0 aliphatic heterocycles. The van der Waals surface area contributed by atoms with Crippen LogP contribution in [0.1, 0.15) is 70.3 Å². The zero-order valence-corrected chi connectivity index (χ0v) is 16.8. The first kappa shape index (κ1) is 17.8. The Hall–Kier alpha value is -2.24. The summed E-state index contributed by atoms with van der Waals surface area (Å²) in [5, 5.41) is 15.8. The second kappa shape index (κ2) is 6.39. The highest BCUT2D eigenvalue weighted by molar-refractivity contribution is 5.95. The molecule has 6 heteroatoms. The van der Waals surface area contributed by atoms with Crippen LogP contribution in [0.5, 0.6) is 0 Å². The largest absolute Gasteiger partial charge is 0.326 e. The lowest BCUT2D eigenvalue weighted by molar-refractivity contribution is -0.152. The summed E-state index contributed by atoms with van der Waals surface area (Å²) in [4.78, 5) is 15.3. The van der Waals surface area contributed by atoms with E-state index in [1.54, 1.807) is 0 Å². The summed E-state index contributed by atoms with van der Waals surface area (Å²) in [7, 11) is 0. The molecule has 0 radical (unpaired) electrons. The monoisotopic (exact) mass is 379 g/mol. The van der Waals surface area contributed by atoms with E-state index in [1.165, 1.54) is 18.3 Å². The van der Waals surface area contributed by atoms with E-state index in [9.17, 15) is 4.79 Å². The van der Waals surface area contributed by atoms with Gasteiger partial charge >= 0.3 is 0 Å². The second-order valence-corrected chi connectivity index (χ2v) is 9.58. The Morgan fingerprint density at radius 3 is 2.54 bits per heavy atom. The lowest BCUT2D eigenvalue weighted by Gasteiger charge is -2.60. The SMILES string of the molecule is CC[C@@H](C)c1ccc(NC(=O)C23C[C@H]4C[C@@H](C2)CC(n2ncnn2)(C4)C3)cc1. The van der Waals surface area contributed by atoms with E-state index in [2.05, 4.69) is 58.8 Å². The van der Waals surface area contributed by atoms with E-state index >= 15 is 0 Å². The molecule has 4 saturated carbocycles. The lowest BCUT2D eigenvalue weighted by atomic mass is 9.46. The van der Waals surface area contributed by atoms with Crippen molar-refractivity contribution < 1.29 is 4.79 Å². The number of hydrogen-bond donors (Lipinski definition) is 1. The highest BCUT2D eigenvalue weighted by atomic mass is 16.2. The van der Waals surface area contributed by atoms with E-state index in [0.29, 0.717) is 17.8 Å². The maximum Gasteiger partial charge on any atom is 0.230 e. The molecular formula is C22H29N5O. The van der Waals surface area contributed by atoms with Gasteiger partial charge < -0.3 is 5.32 Å². The number of hydrogen-bond acceptors (Lipinski definition) is 4. The van der Waals surface area contributed by atoms with Crippen LogP contribution in [0, 0.1) is 17.3 Å². The van der Waals surface area contributed by atoms with Gasteiger partial charge in [0, 0.05) is 5.69 Å². The summed E-state index contributed by atoms with van der Waals surface area (Å²) in [6.45, 7) is 4.44. The molecule has 4 aliphatic rings. The molecule has 5 atom stereocenters. The van der Waals surface area contributed by atoms with Crippen LogP contribution in [-0.2, 0) is 10.3 Å². The van der Waals surface area contributed by atoms with Crippen LogP contribution in [0.3, 0.4) is 0 Å². The molecular weight excluding hydrogens is 350 g/mol. The Labute approximate surface area is 166 Å². The fraction of sp³-hybridized carbons (Fsp3) is 0.636. The van der Waals surface area contributed by atoms with Gasteiger partial charge in [-0.1, -0.05) is 26.0 Å². The Bertz CT molecular complexity index is 846. The molecule has 6 rings (SSSR count). The molecule has 1 heterocycles. The minimum Gasteiger partial charge on any atom is -0.326 e. The van der Waals surface area contributed by atoms with Gasteiger partial charge in [0.25, 0.3) is 0 Å². The Morgan fingerprint density at radius 2 is 1.93 bits per heavy atom. The third-order valence-corrected chi connectivity index (χ3v) is 7.64. The topological polar surface area (TPSA) is 72.7 Å². The summed E-state index contributed by atoms with van der Waals surface area (Å²) in [5.41, 5.74) is 1.80. The van der Waals surface area contributed by atoms with Gasteiger partial charge in [0.15, 0.2) is 6.33 Å². The molecule has 4 aliphatic carbocycles. The van der Waals surface area contributed by atoms with Crippen LogP contribution in [0.15, 0.2) is 30.6 Å². The van der Waals surface area contributed by atoms with E-state index in [-0.39, 0.29) is 16.9 Å². The fourth-order valence-corrected chi connectivity index (χ4v) is 6.49. The Balaban J connectivity index is 1.39. The standard InChI is InChI=1S/C22H29N5O/c1-3-15(2)18-4-6-19(7-5-18)25-20(28)21-9-16-8-17(10-21)12-22(11-16,13-21)27-24-14-23-26-27/h4-7,14-17H,3,8-13H2,1-2H3,(H,25,28)/t15-,16-,17+,21?,22?/m1/s1. The van der Waals surface area contributed by atoms with Crippen molar-refractivity contribution in [3.8, 4) is 0 Å². The molecule has 1 N–H and O–H groups in total. The molecule has 1 amide bonds. The van der Waals surface area contributed by atoms with E-state index in [1.807, 2.05) is 4.80 Å². The lowest BCUT2D eigenvalue weighted by Crippen LogP contribution is -2.60. The summed E-state index contributed by atoms with van der Waals surface area (Å²) >= 11 is 0. The van der Waals surface area contributed by atoms with Gasteiger partial charge in [-0.25, -0.2) is 0 Å². The zero-order valence-electron chi connectivity index (χ0n) is 16.8. The number of benzene rings is 1. The first-order valence-corrected chi connectivity index (χ1v) is 10.7. The number of nitrogens with zero attached hydrogens (tertiary/aromatic N) is 4. The minimum atomic E-state index is -0.299. The summed E-state index contributed by atoms with van der Waals surface area (Å²) in [5.74, 6) is 1.90. The molecule has 2 unspecified atom stereocenters. The van der Waals surface area contributed by atoms with Crippen molar-refractivity contribution in [3.05, 3.63) is 36.2 Å². The zero-order chi connectivity index (χ0) is 19.4. The second-order valence-electron chi connectivity index (χ2n) is 9.58. The third-order valence-electron chi connectivity index (χ3n) is 7.64. The molecule has 1 aromatic heterocycles. The van der Waals surface area contributed by atoms with Crippen LogP contribution in [-0.4, -0.2) is 26.1 Å². The van der Waals surface area contributed by atoms with Crippen LogP contribution in [0.25, 0.3) is 0 Å². The predicted octanol–water partition coefficient (Wildman–Crippen LogP) is 4.12. The molecule has 1 aromatic carbocycles. The van der Waals surface area contributed by atoms with Crippen molar-refractivity contribution in [2.24, 2.45) is 17.3 Å². The molecule has 4 fully saturated rings. The predicted molar refractivity (Wildman–Crippen MR) is 107 cm³/mol. The van der Waals surface area contributed by atoms with Crippen LogP contribution >= 0.6 is 0 Å². The maximum absolute atomic E-state index is 13.5. The molecule has 28 heavy (non-hydrogen) atoms. The quantitative estimate of drug-likeness (QED) is 0.848. The highest BCUT2D eigenvalue weighted by Crippen LogP contribution is 2.64. The number of nitrogens with one attached hydrogen (secondary N) is 1. The first-order chi connectivity index (χ1) is 13.5. The number of amides is 1. The van der Waals surface area contributed by atoms with E-state index < -0.39 is 0 Å². The van der Waals surface area contributed by atoms with Crippen molar-refractivity contribution in [2.45, 2.75) is 70.3 Å². The molecule has 2 aromatic rings. The smallest absolute Gasteiger partial charge is 0.230 e. The van der Waals surface area contributed by atoms with Crippen LogP contribution in [0.2, 0.25) is 0 Å². The van der Waals surface area contributed by atoms with Gasteiger partial charge in [0.1, 0.15) is 0 Å². The molecule has 148 valence electrons. The number of carbonyl (C=O) groups excluding carboxylic acids is 1. The number of aromatic nitrogens is 4. The summed E-state index contributed by atoms with van der Waals surface area (Å²) in [6.07, 6.45) is 8.87. The first-order valence-electron chi connectivity index (χ1n) is 10.7. The van der Waals surface area contributed by atoms with Gasteiger partial charge in [0.2, 0.25) is 5.91 Å². The van der Waals surface area contributed by atoms with Gasteiger partial charge in [-0.3, -0.25) is 4.79 Å². The van der Waals surface area contributed by atoms with E-state index in [0.717, 1.165) is 44.2 Å². The average Bonchev–Trinajstić information content (AvgIpc) is 3.23. The van der Waals surface area contributed by atoms with Gasteiger partial charge in [-0.05, 0) is 85.6 Å². The Kier molecular flexibility index (Phi) is 4.07. The number of tetrazole rings is 1. The normalized spacial score (nSPS) is 34.4. The highest BCUT2D eigenvalue weighted by Gasteiger charge is 2.62. The third kappa shape index (κ3) is 2.76. The van der Waals surface area contributed by atoms with Crippen molar-refractivity contribution >= 4 is 11.6 Å². The van der Waals surface area contributed by atoms with Crippen molar-refractivity contribution in [1.82, 2.24) is 20.2 Å². The molecule has 0 spiro atoms. The maximum atomic E-state index is 13.5. The summed E-state index contributed by atoms with van der Waals surface area (Å²) in [6, 6.07) is 8.39. The average molecular weight is 380 g/mol. The van der Waals surface area contributed by atoms with Crippen LogP contribution < -0.4 is 5.32 Å². The van der Waals surface area contributed by atoms with Crippen molar-refractivity contribution in [2.75, 3.05) is 5.32 Å². The molecule has 0 saturated heterocycles. The molecule has 6 nitrogen and oxygen atoms in total. The molecule has 4 bridgehead atoms. The summed E-state index contributed by atoms with van der Waals surface area (Å²) < 4.78 is 0. The number of carbonyl (C=O) groups is 1. The van der Waals surface area contributed by atoms with Crippen molar-refractivity contribution in [3.63, 3.8) is 0 Å². The number of rotatable bonds is 5. The van der Waals surface area contributed by atoms with Gasteiger partial charge in [-0.15, -0.1) is 10.2 Å². The van der Waals surface area contributed by atoms with Gasteiger partial charge in [-0.2, -0.15) is 4.80 Å². The Morgan fingerprint density at radius 1 is 1.21 bits per heavy atom. The van der Waals surface area contributed by atoms with Crippen LogP contribution in [0.4, 0.5) is 5.69 Å². The number of anilines is 1. The fourth-order valence-electron chi connectivity index (χ4n) is 6.49. The van der Waals surface area contributed by atoms with E-state index in [4.69, 9.17) is 0 Å². The minimum absolute atomic E-state index is 0.127. The van der Waals surface area contributed by atoms with Gasteiger partial charge in [0.05, 0.1) is 11.0 Å².